The Kier molecular flexibility index (Phi) is 7.64. The number of hydrogen-bond donors (Lipinski definition) is 0. The van der Waals surface area contributed by atoms with Gasteiger partial charge in [0, 0.05) is 6.42 Å². The molecule has 1 aromatic rings. The summed E-state index contributed by atoms with van der Waals surface area (Å²) in [4.78, 5) is 11.0. The van der Waals surface area contributed by atoms with Gasteiger partial charge in [-0.15, -0.1) is 0 Å². The van der Waals surface area contributed by atoms with Gasteiger partial charge in [0.25, 0.3) is 0 Å². The molecule has 0 fully saturated rings. The molecule has 0 aromatic heterocycles. The quantitative estimate of drug-likeness (QED) is 0.500. The maximum atomic E-state index is 11.0. The van der Waals surface area contributed by atoms with Gasteiger partial charge >= 0.3 is 5.97 Å². The van der Waals surface area contributed by atoms with Gasteiger partial charge in [-0.2, -0.15) is 0 Å². The molecule has 0 N–H and O–H groups in total. The molecule has 0 unspecified atom stereocenters. The number of carbonyl (C=O) groups is 1. The smallest absolute Gasteiger partial charge is 0.305 e. The zero-order valence-corrected chi connectivity index (χ0v) is 10.8. The number of para-hydroxylation sites is 1. The van der Waals surface area contributed by atoms with Gasteiger partial charge in [0.1, 0.15) is 19.0 Å². The molecule has 0 heterocycles. The van der Waals surface area contributed by atoms with Crippen LogP contribution in [0.5, 0.6) is 5.75 Å². The van der Waals surface area contributed by atoms with Crippen LogP contribution in [0, 0.1) is 0 Å². The largest absolute Gasteiger partial charge is 0.491 e. The van der Waals surface area contributed by atoms with E-state index in [1.54, 1.807) is 0 Å². The molecule has 0 aliphatic heterocycles. The van der Waals surface area contributed by atoms with E-state index in [1.807, 2.05) is 37.3 Å². The van der Waals surface area contributed by atoms with Gasteiger partial charge in [-0.05, 0) is 18.6 Å². The maximum Gasteiger partial charge on any atom is 0.305 e. The molecule has 4 heteroatoms. The van der Waals surface area contributed by atoms with E-state index >= 15 is 0 Å². The normalized spacial score (nSPS) is 10.1. The summed E-state index contributed by atoms with van der Waals surface area (Å²) in [6.07, 6.45) is 1.28. The number of ether oxygens (including phenoxy) is 3. The fourth-order valence-corrected chi connectivity index (χ4v) is 1.33. The van der Waals surface area contributed by atoms with E-state index in [0.29, 0.717) is 32.8 Å². The van der Waals surface area contributed by atoms with Gasteiger partial charge in [0.15, 0.2) is 0 Å². The number of benzene rings is 1. The van der Waals surface area contributed by atoms with Crippen LogP contribution < -0.4 is 4.74 Å². The molecule has 0 aliphatic rings. The molecule has 18 heavy (non-hydrogen) atoms. The van der Waals surface area contributed by atoms with Gasteiger partial charge in [0.2, 0.25) is 0 Å². The van der Waals surface area contributed by atoms with E-state index in [1.165, 1.54) is 0 Å². The second kappa shape index (κ2) is 9.48. The Bertz CT molecular complexity index is 324. The van der Waals surface area contributed by atoms with Crippen LogP contribution in [0.15, 0.2) is 30.3 Å². The van der Waals surface area contributed by atoms with E-state index in [-0.39, 0.29) is 5.97 Å². The van der Waals surface area contributed by atoms with Crippen molar-refractivity contribution in [3.8, 4) is 5.75 Å². The van der Waals surface area contributed by atoms with Gasteiger partial charge in [-0.3, -0.25) is 4.79 Å². The van der Waals surface area contributed by atoms with Crippen LogP contribution in [0.4, 0.5) is 0 Å². The Hall–Kier alpha value is -1.55. The summed E-state index contributed by atoms with van der Waals surface area (Å²) in [5, 5.41) is 0. The average Bonchev–Trinajstić information content (AvgIpc) is 2.39. The summed E-state index contributed by atoms with van der Waals surface area (Å²) in [5.41, 5.74) is 0. The van der Waals surface area contributed by atoms with Crippen molar-refractivity contribution in [2.45, 2.75) is 19.8 Å². The van der Waals surface area contributed by atoms with Crippen LogP contribution in [0.2, 0.25) is 0 Å². The van der Waals surface area contributed by atoms with E-state index in [9.17, 15) is 4.79 Å². The highest BCUT2D eigenvalue weighted by Crippen LogP contribution is 2.07. The zero-order chi connectivity index (χ0) is 13.1. The van der Waals surface area contributed by atoms with Gasteiger partial charge < -0.3 is 14.2 Å². The number of esters is 1. The lowest BCUT2D eigenvalue weighted by Gasteiger charge is -2.07. The topological polar surface area (TPSA) is 44.8 Å². The molecule has 0 aliphatic carbocycles. The highest BCUT2D eigenvalue weighted by molar-refractivity contribution is 5.69. The van der Waals surface area contributed by atoms with E-state index in [2.05, 4.69) is 0 Å². The second-order valence-electron chi connectivity index (χ2n) is 3.74. The zero-order valence-electron chi connectivity index (χ0n) is 10.8. The number of hydrogen-bond acceptors (Lipinski definition) is 4. The van der Waals surface area contributed by atoms with Crippen molar-refractivity contribution in [1.82, 2.24) is 0 Å². The lowest BCUT2D eigenvalue weighted by Crippen LogP contribution is -2.13. The molecule has 0 spiro atoms. The summed E-state index contributed by atoms with van der Waals surface area (Å²) < 4.78 is 15.7. The summed E-state index contributed by atoms with van der Waals surface area (Å²) in [7, 11) is 0. The summed E-state index contributed by atoms with van der Waals surface area (Å²) in [5.74, 6) is 0.664. The van der Waals surface area contributed by atoms with Crippen molar-refractivity contribution in [2.75, 3.05) is 26.4 Å². The molecule has 4 nitrogen and oxygen atoms in total. The Labute approximate surface area is 108 Å². The Morgan fingerprint density at radius 1 is 1.06 bits per heavy atom. The third-order valence-electron chi connectivity index (χ3n) is 2.18. The molecule has 1 rings (SSSR count). The van der Waals surface area contributed by atoms with Crippen LogP contribution in [-0.4, -0.2) is 32.4 Å². The van der Waals surface area contributed by atoms with Gasteiger partial charge in [-0.1, -0.05) is 25.1 Å². The molecule has 0 saturated heterocycles. The average molecular weight is 252 g/mol. The third kappa shape index (κ3) is 6.91. The molecular weight excluding hydrogens is 232 g/mol. The molecule has 1 aromatic carbocycles. The van der Waals surface area contributed by atoms with Crippen molar-refractivity contribution < 1.29 is 19.0 Å². The third-order valence-corrected chi connectivity index (χ3v) is 2.18. The molecule has 0 amide bonds. The van der Waals surface area contributed by atoms with E-state index < -0.39 is 0 Å². The van der Waals surface area contributed by atoms with Crippen LogP contribution in [0.25, 0.3) is 0 Å². The SMILES string of the molecule is CCCC(=O)OCCOCCOc1ccccc1. The van der Waals surface area contributed by atoms with Crippen LogP contribution in [-0.2, 0) is 14.3 Å². The summed E-state index contributed by atoms with van der Waals surface area (Å²) in [6, 6.07) is 9.57. The predicted molar refractivity (Wildman–Crippen MR) is 68.6 cm³/mol. The number of carbonyl (C=O) groups excluding carboxylic acids is 1. The van der Waals surface area contributed by atoms with Gasteiger partial charge in [-0.25, -0.2) is 0 Å². The Morgan fingerprint density at radius 2 is 1.78 bits per heavy atom. The highest BCUT2D eigenvalue weighted by atomic mass is 16.6. The van der Waals surface area contributed by atoms with E-state index in [0.717, 1.165) is 12.2 Å². The Morgan fingerprint density at radius 3 is 2.50 bits per heavy atom. The molecule has 0 atom stereocenters. The lowest BCUT2D eigenvalue weighted by molar-refractivity contribution is -0.145. The molecular formula is C14H20O4. The van der Waals surface area contributed by atoms with E-state index in [4.69, 9.17) is 14.2 Å². The predicted octanol–water partition coefficient (Wildman–Crippen LogP) is 2.43. The fraction of sp³-hybridized carbons (Fsp3) is 0.500. The second-order valence-corrected chi connectivity index (χ2v) is 3.74. The molecule has 100 valence electrons. The van der Waals surface area contributed by atoms with Crippen molar-refractivity contribution in [3.05, 3.63) is 30.3 Å². The minimum Gasteiger partial charge on any atom is -0.491 e. The minimum atomic E-state index is -0.165. The molecule has 0 bridgehead atoms. The van der Waals surface area contributed by atoms with Crippen LogP contribution >= 0.6 is 0 Å². The van der Waals surface area contributed by atoms with Crippen molar-refractivity contribution in [2.24, 2.45) is 0 Å². The van der Waals surface area contributed by atoms with Crippen molar-refractivity contribution >= 4 is 5.97 Å². The first-order valence-electron chi connectivity index (χ1n) is 6.24. The van der Waals surface area contributed by atoms with Crippen molar-refractivity contribution in [1.29, 1.82) is 0 Å². The monoisotopic (exact) mass is 252 g/mol. The first kappa shape index (κ1) is 14.5. The molecule has 0 saturated carbocycles. The van der Waals surface area contributed by atoms with Crippen LogP contribution in [0.3, 0.4) is 0 Å². The number of rotatable bonds is 9. The first-order chi connectivity index (χ1) is 8.83. The van der Waals surface area contributed by atoms with Gasteiger partial charge in [0.05, 0.1) is 13.2 Å². The standard InChI is InChI=1S/C14H20O4/c1-2-6-14(15)18-12-10-16-9-11-17-13-7-4-3-5-8-13/h3-5,7-8H,2,6,9-12H2,1H3. The van der Waals surface area contributed by atoms with Crippen molar-refractivity contribution in [3.63, 3.8) is 0 Å². The highest BCUT2D eigenvalue weighted by Gasteiger charge is 1.99. The first-order valence-corrected chi connectivity index (χ1v) is 6.24. The van der Waals surface area contributed by atoms with Crippen LogP contribution in [0.1, 0.15) is 19.8 Å². The maximum absolute atomic E-state index is 11.0. The summed E-state index contributed by atoms with van der Waals surface area (Å²) >= 11 is 0. The lowest BCUT2D eigenvalue weighted by atomic mass is 10.3. The molecule has 0 radical (unpaired) electrons. The Balaban J connectivity index is 1.92. The fourth-order valence-electron chi connectivity index (χ4n) is 1.33. The summed E-state index contributed by atoms with van der Waals surface area (Å²) in [6.45, 7) is 3.64. The minimum absolute atomic E-state index is 0.165.